The minimum absolute atomic E-state index is 1.07. The van der Waals surface area contributed by atoms with E-state index in [9.17, 15) is 0 Å². The highest BCUT2D eigenvalue weighted by Gasteiger charge is 2.09. The van der Waals surface area contributed by atoms with Crippen molar-refractivity contribution in [3.8, 4) is 21.7 Å². The summed E-state index contributed by atoms with van der Waals surface area (Å²) in [4.78, 5) is 5.71. The van der Waals surface area contributed by atoms with E-state index in [4.69, 9.17) is 0 Å². The van der Waals surface area contributed by atoms with Crippen LogP contribution in [-0.2, 0) is 0 Å². The minimum Gasteiger partial charge on any atom is -0.244 e. The third kappa shape index (κ3) is 1.99. The van der Waals surface area contributed by atoms with Crippen LogP contribution < -0.4 is 0 Å². The van der Waals surface area contributed by atoms with Crippen molar-refractivity contribution in [2.45, 2.75) is 0 Å². The third-order valence-corrected chi connectivity index (χ3v) is 3.53. The molecule has 0 radical (unpaired) electrons. The fraction of sp³-hybridized carbons (Fsp3) is 0. The van der Waals surface area contributed by atoms with Crippen molar-refractivity contribution in [3.05, 3.63) is 66.2 Å². The van der Waals surface area contributed by atoms with Crippen LogP contribution in [0.25, 0.3) is 21.7 Å². The number of rotatable bonds is 2. The summed E-state index contributed by atoms with van der Waals surface area (Å²) >= 11 is 1.69. The summed E-state index contributed by atoms with van der Waals surface area (Å²) in [6.07, 6.45) is 0. The highest BCUT2D eigenvalue weighted by molar-refractivity contribution is 7.13. The van der Waals surface area contributed by atoms with E-state index < -0.39 is 0 Å². The first-order chi connectivity index (χ1) is 8.45. The van der Waals surface area contributed by atoms with Crippen molar-refractivity contribution in [3.63, 3.8) is 0 Å². The fourth-order valence-electron chi connectivity index (χ4n) is 1.84. The maximum absolute atomic E-state index is 4.48. The van der Waals surface area contributed by atoms with Crippen LogP contribution >= 0.6 is 11.3 Å². The lowest BCUT2D eigenvalue weighted by atomic mass is 10.1. The first kappa shape index (κ1) is 10.2. The molecule has 0 unspecified atom stereocenters. The smallest absolute Gasteiger partial charge is 0.0890 e. The normalized spacial score (nSPS) is 10.4. The standard InChI is InChI=1S/C15H11NS/c1-3-7-12(8-4-1)14-15(17-11-16-14)13-9-5-2-6-10-13/h1-11H. The molecule has 2 heteroatoms. The summed E-state index contributed by atoms with van der Waals surface area (Å²) in [5.74, 6) is 0. The van der Waals surface area contributed by atoms with Crippen LogP contribution in [0.3, 0.4) is 0 Å². The van der Waals surface area contributed by atoms with Gasteiger partial charge in [-0.1, -0.05) is 60.7 Å². The molecule has 0 saturated heterocycles. The van der Waals surface area contributed by atoms with Gasteiger partial charge in [0.05, 0.1) is 16.1 Å². The number of benzene rings is 2. The molecule has 0 aliphatic heterocycles. The number of hydrogen-bond donors (Lipinski definition) is 0. The van der Waals surface area contributed by atoms with E-state index >= 15 is 0 Å². The fourth-order valence-corrected chi connectivity index (χ4v) is 2.66. The molecule has 0 fully saturated rings. The molecular weight excluding hydrogens is 226 g/mol. The zero-order valence-electron chi connectivity index (χ0n) is 9.21. The Morgan fingerprint density at radius 2 is 1.29 bits per heavy atom. The molecule has 1 heterocycles. The van der Waals surface area contributed by atoms with Gasteiger partial charge in [-0.25, -0.2) is 4.98 Å². The van der Waals surface area contributed by atoms with Crippen molar-refractivity contribution in [2.75, 3.05) is 0 Å². The van der Waals surface area contributed by atoms with Gasteiger partial charge in [0, 0.05) is 5.56 Å². The molecule has 3 aromatic rings. The van der Waals surface area contributed by atoms with Gasteiger partial charge in [0.25, 0.3) is 0 Å². The Bertz CT molecular complexity index is 545. The highest BCUT2D eigenvalue weighted by atomic mass is 32.1. The molecule has 3 rings (SSSR count). The molecule has 0 spiro atoms. The van der Waals surface area contributed by atoms with E-state index in [1.165, 1.54) is 16.0 Å². The zero-order valence-corrected chi connectivity index (χ0v) is 10.0. The molecule has 0 aliphatic carbocycles. The maximum atomic E-state index is 4.48. The molecule has 0 amide bonds. The van der Waals surface area contributed by atoms with Crippen LogP contribution in [0.4, 0.5) is 0 Å². The highest BCUT2D eigenvalue weighted by Crippen LogP contribution is 2.34. The summed E-state index contributed by atoms with van der Waals surface area (Å²) in [7, 11) is 0. The van der Waals surface area contributed by atoms with Crippen molar-refractivity contribution >= 4 is 11.3 Å². The van der Waals surface area contributed by atoms with Gasteiger partial charge in [-0.2, -0.15) is 0 Å². The second kappa shape index (κ2) is 4.52. The predicted octanol–water partition coefficient (Wildman–Crippen LogP) is 4.48. The van der Waals surface area contributed by atoms with E-state index in [1.54, 1.807) is 11.3 Å². The lowest BCUT2D eigenvalue weighted by Crippen LogP contribution is -1.80. The van der Waals surface area contributed by atoms with Crippen LogP contribution in [0.2, 0.25) is 0 Å². The van der Waals surface area contributed by atoms with E-state index in [0.717, 1.165) is 5.69 Å². The molecule has 0 aliphatic rings. The Hall–Kier alpha value is -1.93. The van der Waals surface area contributed by atoms with Gasteiger partial charge in [-0.3, -0.25) is 0 Å². The first-order valence-corrected chi connectivity index (χ1v) is 6.37. The van der Waals surface area contributed by atoms with Crippen molar-refractivity contribution in [1.29, 1.82) is 0 Å². The predicted molar refractivity (Wildman–Crippen MR) is 73.0 cm³/mol. The molecule has 1 nitrogen and oxygen atoms in total. The Morgan fingerprint density at radius 3 is 1.94 bits per heavy atom. The molecule has 0 N–H and O–H groups in total. The summed E-state index contributed by atoms with van der Waals surface area (Å²) in [5, 5.41) is 0. The number of thiazole rings is 1. The Labute approximate surface area is 104 Å². The number of hydrogen-bond acceptors (Lipinski definition) is 2. The zero-order chi connectivity index (χ0) is 11.5. The summed E-state index contributed by atoms with van der Waals surface area (Å²) < 4.78 is 0. The summed E-state index contributed by atoms with van der Waals surface area (Å²) in [6.45, 7) is 0. The molecule has 0 bridgehead atoms. The quantitative estimate of drug-likeness (QED) is 0.640. The average molecular weight is 237 g/mol. The van der Waals surface area contributed by atoms with E-state index in [1.807, 2.05) is 29.8 Å². The monoisotopic (exact) mass is 237 g/mol. The van der Waals surface area contributed by atoms with Crippen molar-refractivity contribution < 1.29 is 0 Å². The summed E-state index contributed by atoms with van der Waals surface area (Å²) in [6, 6.07) is 20.7. The van der Waals surface area contributed by atoms with Crippen LogP contribution in [0.15, 0.2) is 66.2 Å². The molecule has 0 saturated carbocycles. The van der Waals surface area contributed by atoms with Crippen molar-refractivity contribution in [2.24, 2.45) is 0 Å². The van der Waals surface area contributed by atoms with Crippen LogP contribution in [0.1, 0.15) is 0 Å². The lowest BCUT2D eigenvalue weighted by Gasteiger charge is -2.02. The molecule has 0 atom stereocenters. The topological polar surface area (TPSA) is 12.9 Å². The second-order valence-corrected chi connectivity index (χ2v) is 4.62. The van der Waals surface area contributed by atoms with Gasteiger partial charge in [-0.05, 0) is 5.56 Å². The van der Waals surface area contributed by atoms with Crippen LogP contribution in [0, 0.1) is 0 Å². The molecule has 2 aromatic carbocycles. The van der Waals surface area contributed by atoms with Crippen LogP contribution in [0.5, 0.6) is 0 Å². The van der Waals surface area contributed by atoms with Gasteiger partial charge in [0.2, 0.25) is 0 Å². The number of nitrogens with zero attached hydrogens (tertiary/aromatic N) is 1. The lowest BCUT2D eigenvalue weighted by molar-refractivity contribution is 1.41. The van der Waals surface area contributed by atoms with Gasteiger partial charge < -0.3 is 0 Å². The van der Waals surface area contributed by atoms with E-state index in [0.29, 0.717) is 0 Å². The van der Waals surface area contributed by atoms with Gasteiger partial charge in [-0.15, -0.1) is 11.3 Å². The van der Waals surface area contributed by atoms with Gasteiger partial charge in [0.15, 0.2) is 0 Å². The van der Waals surface area contributed by atoms with Crippen LogP contribution in [-0.4, -0.2) is 4.98 Å². The second-order valence-electron chi connectivity index (χ2n) is 3.76. The minimum atomic E-state index is 1.07. The maximum Gasteiger partial charge on any atom is 0.0890 e. The third-order valence-electron chi connectivity index (χ3n) is 2.65. The SMILES string of the molecule is c1ccc(-c2ncsc2-c2ccccc2)cc1. The molecular formula is C15H11NS. The Balaban J connectivity index is 2.13. The first-order valence-electron chi connectivity index (χ1n) is 5.49. The average Bonchev–Trinajstić information content (AvgIpc) is 2.90. The van der Waals surface area contributed by atoms with Crippen molar-refractivity contribution in [1.82, 2.24) is 4.98 Å². The largest absolute Gasteiger partial charge is 0.244 e. The Morgan fingerprint density at radius 1 is 0.706 bits per heavy atom. The van der Waals surface area contributed by atoms with E-state index in [2.05, 4.69) is 41.4 Å². The summed E-state index contributed by atoms with van der Waals surface area (Å²) in [5.41, 5.74) is 5.38. The molecule has 1 aromatic heterocycles. The van der Waals surface area contributed by atoms with E-state index in [-0.39, 0.29) is 0 Å². The molecule has 82 valence electrons. The van der Waals surface area contributed by atoms with Gasteiger partial charge in [0.1, 0.15) is 0 Å². The Kier molecular flexibility index (Phi) is 2.72. The number of aromatic nitrogens is 1. The van der Waals surface area contributed by atoms with Gasteiger partial charge >= 0.3 is 0 Å². The molecule has 17 heavy (non-hydrogen) atoms.